The lowest BCUT2D eigenvalue weighted by molar-refractivity contribution is -0.143. The summed E-state index contributed by atoms with van der Waals surface area (Å²) in [6, 6.07) is 33.4. The number of hydrogen-bond donors (Lipinski definition) is 2. The molecule has 9 aromatic rings. The number of nitrogens with one attached hydrogen (secondary N) is 1. The molecule has 104 heavy (non-hydrogen) atoms. The van der Waals surface area contributed by atoms with E-state index in [-0.39, 0.29) is 48.7 Å². The molecule has 536 valence electrons. The Balaban J connectivity index is 0.000000121. The first-order chi connectivity index (χ1) is 50.4. The van der Waals surface area contributed by atoms with Crippen LogP contribution in [-0.2, 0) is 64.8 Å². The smallest absolute Gasteiger partial charge is 0.305 e. The number of carboxylic acids is 1. The van der Waals surface area contributed by atoms with Crippen molar-refractivity contribution in [3.63, 3.8) is 0 Å². The highest BCUT2D eigenvalue weighted by Gasteiger charge is 2.61. The molecular weight excluding hydrogens is 1450 g/mol. The number of amides is 3. The van der Waals surface area contributed by atoms with Crippen molar-refractivity contribution in [3.8, 4) is 51.0 Å². The van der Waals surface area contributed by atoms with Crippen molar-refractivity contribution in [3.05, 3.63) is 190 Å². The minimum absolute atomic E-state index is 0.0349. The van der Waals surface area contributed by atoms with Crippen molar-refractivity contribution in [2.45, 2.75) is 163 Å². The molecule has 18 rings (SSSR count). The lowest BCUT2D eigenvalue weighted by atomic mass is 9.98. The summed E-state index contributed by atoms with van der Waals surface area (Å²) in [6.07, 6.45) is 12.7. The van der Waals surface area contributed by atoms with Gasteiger partial charge in [0.2, 0.25) is 17.7 Å². The summed E-state index contributed by atoms with van der Waals surface area (Å²) in [5.41, 5.74) is 10.6. The fraction of sp³-hybridized carbons (Fsp3) is 0.367. The highest BCUT2D eigenvalue weighted by Crippen LogP contribution is 2.61. The number of rotatable bonds is 24. The highest BCUT2D eigenvalue weighted by molar-refractivity contribution is 6.40. The molecule has 6 heterocycles. The van der Waals surface area contributed by atoms with Gasteiger partial charge in [0, 0.05) is 77.4 Å². The molecule has 3 aromatic heterocycles. The molecule has 6 aliphatic carbocycles. The molecule has 0 radical (unpaired) electrons. The van der Waals surface area contributed by atoms with E-state index >= 15 is 0 Å². The van der Waals surface area contributed by atoms with Crippen LogP contribution in [0.25, 0.3) is 33.8 Å². The minimum Gasteiger partial charge on any atom is -0.489 e. The van der Waals surface area contributed by atoms with Gasteiger partial charge in [0.1, 0.15) is 71.4 Å². The Morgan fingerprint density at radius 3 is 1.20 bits per heavy atom. The summed E-state index contributed by atoms with van der Waals surface area (Å²) in [7, 11) is 0. The van der Waals surface area contributed by atoms with Gasteiger partial charge >= 0.3 is 11.9 Å². The van der Waals surface area contributed by atoms with Crippen molar-refractivity contribution in [2.24, 2.45) is 0 Å². The van der Waals surface area contributed by atoms with Gasteiger partial charge in [-0.15, -0.1) is 0 Å². The summed E-state index contributed by atoms with van der Waals surface area (Å²) in [4.78, 5) is 65.0. The number of anilines is 3. The Hall–Kier alpha value is -8.56. The first-order valence-electron chi connectivity index (χ1n) is 35.3. The first kappa shape index (κ1) is 69.8. The second-order valence-electron chi connectivity index (χ2n) is 28.2. The third-order valence-corrected chi connectivity index (χ3v) is 23.1. The van der Waals surface area contributed by atoms with Gasteiger partial charge in [0.05, 0.1) is 69.7 Å². The van der Waals surface area contributed by atoms with Gasteiger partial charge in [-0.25, -0.2) is 0 Å². The van der Waals surface area contributed by atoms with Gasteiger partial charge in [-0.05, 0) is 205 Å². The largest absolute Gasteiger partial charge is 0.489 e. The fourth-order valence-corrected chi connectivity index (χ4v) is 16.5. The van der Waals surface area contributed by atoms with Crippen molar-refractivity contribution >= 4 is 116 Å². The molecule has 9 aliphatic rings. The Labute approximate surface area is 628 Å². The van der Waals surface area contributed by atoms with Crippen LogP contribution in [0.2, 0.25) is 30.1 Å². The van der Waals surface area contributed by atoms with Crippen molar-refractivity contribution in [1.29, 1.82) is 0 Å². The van der Waals surface area contributed by atoms with Crippen LogP contribution in [0.15, 0.2) is 123 Å². The predicted octanol–water partition coefficient (Wildman–Crippen LogP) is 19.3. The molecule has 19 nitrogen and oxygen atoms in total. The topological polar surface area (TPSA) is 239 Å². The van der Waals surface area contributed by atoms with Crippen LogP contribution < -0.4 is 29.3 Å². The van der Waals surface area contributed by atoms with Gasteiger partial charge in [-0.1, -0.05) is 103 Å². The number of carbonyl (C=O) groups excluding carboxylic acids is 4. The quantitative estimate of drug-likeness (QED) is 0.0535. The molecule has 6 aromatic carbocycles. The molecule has 6 fully saturated rings. The van der Waals surface area contributed by atoms with E-state index in [4.69, 9.17) is 107 Å². The second-order valence-corrected chi connectivity index (χ2v) is 30.6. The predicted molar refractivity (Wildman–Crippen MR) is 393 cm³/mol. The summed E-state index contributed by atoms with van der Waals surface area (Å²) < 4.78 is 40.9. The standard InChI is InChI=1S/C29H28Cl2N2O5.C27H24Cl2N2O5.C23H18Cl2N2O3/c1-2-36-24(34)7-4-14-33-23-11-10-18(15-20(23)29(12-13-29)28(33)35)37-16-19-26(32-38-27(19)17-8-9-17)25-21(30)5-3-6-22(25)31;28-19-3-1-4-20(29)23(19)24-17(25(36-30-24)15-6-7-15)14-35-16-8-9-21-18(13-16)27(10-11-27)26(34)31(21)12-2-5-22(32)33;24-16-2-1-3-17(25)19(16)20-14(21(30-27-20)12-4-5-12)11-29-13-6-7-18-15(10-13)23(8-9-23)22(28)26-18/h3,5-6,10-11,15,17H,2,4,7-9,12-14,16H2,1H3;1,3-4,8-9,13,15H,2,5-7,10-12,14H2,(H,32,33);1-3,6-7,10,12H,4-5,8-9,11H2,(H,26,28). The van der Waals surface area contributed by atoms with Crippen LogP contribution in [0.3, 0.4) is 0 Å². The van der Waals surface area contributed by atoms with E-state index in [1.54, 1.807) is 66.4 Å². The second kappa shape index (κ2) is 28.1. The maximum Gasteiger partial charge on any atom is 0.305 e. The number of aromatic nitrogens is 3. The summed E-state index contributed by atoms with van der Waals surface area (Å²) in [6.45, 7) is 3.80. The highest BCUT2D eigenvalue weighted by atomic mass is 35.5. The number of ether oxygens (including phenoxy) is 4. The first-order valence-corrected chi connectivity index (χ1v) is 37.6. The van der Waals surface area contributed by atoms with Crippen LogP contribution in [0.4, 0.5) is 17.1 Å². The van der Waals surface area contributed by atoms with Gasteiger partial charge in [-0.2, -0.15) is 0 Å². The Bertz CT molecular complexity index is 4890. The zero-order valence-corrected chi connectivity index (χ0v) is 61.1. The van der Waals surface area contributed by atoms with Crippen LogP contribution in [0.5, 0.6) is 17.2 Å². The lowest BCUT2D eigenvalue weighted by Crippen LogP contribution is -2.33. The molecule has 3 amide bonds. The maximum atomic E-state index is 13.3. The maximum absolute atomic E-state index is 13.3. The van der Waals surface area contributed by atoms with Gasteiger partial charge in [0.25, 0.3) is 0 Å². The van der Waals surface area contributed by atoms with E-state index in [2.05, 4.69) is 20.8 Å². The molecule has 6 saturated carbocycles. The van der Waals surface area contributed by atoms with Crippen molar-refractivity contribution in [1.82, 2.24) is 15.5 Å². The molecular formula is C79H70Cl6N6O13. The number of benzene rings is 6. The van der Waals surface area contributed by atoms with Crippen LogP contribution in [0, 0.1) is 0 Å². The van der Waals surface area contributed by atoms with E-state index < -0.39 is 16.8 Å². The summed E-state index contributed by atoms with van der Waals surface area (Å²) >= 11 is 38.8. The van der Waals surface area contributed by atoms with Crippen molar-refractivity contribution in [2.75, 3.05) is 34.8 Å². The number of halogens is 6. The van der Waals surface area contributed by atoms with E-state index in [1.165, 1.54) is 0 Å². The number of hydrogen-bond acceptors (Lipinski definition) is 15. The molecule has 0 saturated heterocycles. The van der Waals surface area contributed by atoms with E-state index in [1.807, 2.05) is 59.5 Å². The minimum atomic E-state index is -0.858. The SMILES string of the molecule is CCOC(=O)CCCN1C(=O)C2(CC2)c2cc(OCc3c(-c4c(Cl)cccc4Cl)noc3C3CC3)ccc21.O=C(O)CCCN1C(=O)C2(CC2)c2cc(OCc3c(-c4c(Cl)cccc4Cl)noc3C3CC3)ccc21.O=C1Nc2ccc(OCc3c(-c4c(Cl)cccc4Cl)noc3C3CC3)cc2C12CC2. The molecule has 0 atom stereocenters. The molecule has 0 bridgehead atoms. The summed E-state index contributed by atoms with van der Waals surface area (Å²) in [5.74, 6) is 4.70. The van der Waals surface area contributed by atoms with Gasteiger partial charge in [-0.3, -0.25) is 24.0 Å². The molecule has 25 heteroatoms. The molecule has 3 spiro atoms. The Kier molecular flexibility index (Phi) is 18.8. The van der Waals surface area contributed by atoms with Crippen LogP contribution >= 0.6 is 69.6 Å². The monoisotopic (exact) mass is 1520 g/mol. The molecule has 3 aliphatic heterocycles. The number of nitrogens with zero attached hydrogens (tertiary/aromatic N) is 5. The molecule has 2 N–H and O–H groups in total. The molecule has 0 unspecified atom stereocenters. The summed E-state index contributed by atoms with van der Waals surface area (Å²) in [5, 5.41) is 27.9. The fourth-order valence-electron chi connectivity index (χ4n) is 14.8. The Morgan fingerprint density at radius 1 is 0.500 bits per heavy atom. The van der Waals surface area contributed by atoms with E-state index in [0.717, 1.165) is 151 Å². The van der Waals surface area contributed by atoms with E-state index in [0.29, 0.717) is 139 Å². The normalized spacial score (nSPS) is 17.6. The zero-order chi connectivity index (χ0) is 71.9. The van der Waals surface area contributed by atoms with Gasteiger partial charge in [0.15, 0.2) is 0 Å². The van der Waals surface area contributed by atoms with Crippen LogP contribution in [0.1, 0.15) is 178 Å². The van der Waals surface area contributed by atoms with E-state index in [9.17, 15) is 24.0 Å². The number of carboxylic acid groups (broad SMARTS) is 1. The van der Waals surface area contributed by atoms with Crippen molar-refractivity contribution < 1.29 is 61.6 Å². The lowest BCUT2D eigenvalue weighted by Gasteiger charge is -2.18. The average Bonchev–Trinajstić information content (AvgIpc) is 1.55. The average molecular weight is 1520 g/mol. The number of aliphatic carboxylic acids is 1. The number of fused-ring (bicyclic) bond motifs is 6. The zero-order valence-electron chi connectivity index (χ0n) is 56.5. The van der Waals surface area contributed by atoms with Gasteiger partial charge < -0.3 is 52.7 Å². The third-order valence-electron chi connectivity index (χ3n) is 21.2. The van der Waals surface area contributed by atoms with Crippen LogP contribution in [-0.4, -0.2) is 69.9 Å². The third kappa shape index (κ3) is 13.3. The Morgan fingerprint density at radius 2 is 0.856 bits per heavy atom. The number of esters is 1. The number of carbonyl (C=O) groups is 5.